The minimum absolute atomic E-state index is 0.657. The van der Waals surface area contributed by atoms with Gasteiger partial charge in [-0.1, -0.05) is 0 Å². The lowest BCUT2D eigenvalue weighted by atomic mass is 10.1. The molecule has 0 amide bonds. The van der Waals surface area contributed by atoms with E-state index in [2.05, 4.69) is 21.5 Å². The normalized spacial score (nSPS) is 10.2. The summed E-state index contributed by atoms with van der Waals surface area (Å²) in [6, 6.07) is 13.4. The van der Waals surface area contributed by atoms with Crippen LogP contribution in [0.5, 0.6) is 0 Å². The summed E-state index contributed by atoms with van der Waals surface area (Å²) in [6.07, 6.45) is 5.54. The van der Waals surface area contributed by atoms with E-state index in [1.54, 1.807) is 24.5 Å². The van der Waals surface area contributed by atoms with Crippen LogP contribution in [-0.4, -0.2) is 14.8 Å². The summed E-state index contributed by atoms with van der Waals surface area (Å²) in [6.45, 7) is 0.664. The lowest BCUT2D eigenvalue weighted by Crippen LogP contribution is -2.00. The molecule has 5 heteroatoms. The average Bonchev–Trinajstić information content (AvgIpc) is 2.95. The first kappa shape index (κ1) is 13.8. The number of rotatable bonds is 4. The van der Waals surface area contributed by atoms with E-state index < -0.39 is 0 Å². The highest BCUT2D eigenvalue weighted by atomic mass is 15.3. The van der Waals surface area contributed by atoms with Gasteiger partial charge in [-0.25, -0.2) is 0 Å². The predicted molar refractivity (Wildman–Crippen MR) is 84.9 cm³/mol. The van der Waals surface area contributed by atoms with Crippen molar-refractivity contribution in [3.8, 4) is 17.3 Å². The fourth-order valence-electron chi connectivity index (χ4n) is 2.28. The number of hydrogen-bond acceptors (Lipinski definition) is 4. The molecule has 0 radical (unpaired) electrons. The number of hydrogen-bond donors (Lipinski definition) is 1. The van der Waals surface area contributed by atoms with Crippen molar-refractivity contribution in [1.29, 1.82) is 5.26 Å². The quantitative estimate of drug-likeness (QED) is 0.802. The Morgan fingerprint density at radius 3 is 2.55 bits per heavy atom. The van der Waals surface area contributed by atoms with Crippen LogP contribution in [0.2, 0.25) is 0 Å². The Morgan fingerprint density at radius 2 is 1.86 bits per heavy atom. The molecule has 0 fully saturated rings. The standard InChI is InChI=1S/C17H15N5/c1-22-12-15(17(21-22)14-6-8-19-9-7-14)11-20-16-4-2-13(10-18)3-5-16/h2-9,12,20H,11H2,1H3. The van der Waals surface area contributed by atoms with Gasteiger partial charge in [0.05, 0.1) is 17.3 Å². The number of pyridine rings is 1. The van der Waals surface area contributed by atoms with Gasteiger partial charge in [-0.2, -0.15) is 10.4 Å². The second-order valence-electron chi connectivity index (χ2n) is 4.96. The lowest BCUT2D eigenvalue weighted by Gasteiger charge is -2.06. The topological polar surface area (TPSA) is 66.5 Å². The molecule has 108 valence electrons. The molecule has 0 saturated heterocycles. The molecular formula is C17H15N5. The number of nitrogens with zero attached hydrogens (tertiary/aromatic N) is 4. The monoisotopic (exact) mass is 289 g/mol. The first-order valence-electron chi connectivity index (χ1n) is 6.93. The van der Waals surface area contributed by atoms with E-state index in [1.807, 2.05) is 42.2 Å². The van der Waals surface area contributed by atoms with E-state index >= 15 is 0 Å². The van der Waals surface area contributed by atoms with Gasteiger partial charge in [0.1, 0.15) is 0 Å². The molecule has 0 spiro atoms. The van der Waals surface area contributed by atoms with Crippen molar-refractivity contribution in [3.63, 3.8) is 0 Å². The SMILES string of the molecule is Cn1cc(CNc2ccc(C#N)cc2)c(-c2ccncc2)n1. The van der Waals surface area contributed by atoms with Crippen molar-refractivity contribution < 1.29 is 0 Å². The molecule has 2 heterocycles. The van der Waals surface area contributed by atoms with Gasteiger partial charge in [-0.3, -0.25) is 9.67 Å². The maximum Gasteiger partial charge on any atom is 0.0991 e. The second-order valence-corrected chi connectivity index (χ2v) is 4.96. The second kappa shape index (κ2) is 6.10. The molecule has 1 N–H and O–H groups in total. The van der Waals surface area contributed by atoms with E-state index in [-0.39, 0.29) is 0 Å². The Bertz CT molecular complexity index is 797. The van der Waals surface area contributed by atoms with Gasteiger partial charge in [0.2, 0.25) is 0 Å². The Labute approximate surface area is 128 Å². The lowest BCUT2D eigenvalue weighted by molar-refractivity contribution is 0.770. The van der Waals surface area contributed by atoms with Gasteiger partial charge in [0.25, 0.3) is 0 Å². The number of nitriles is 1. The zero-order chi connectivity index (χ0) is 15.4. The Kier molecular flexibility index (Phi) is 3.84. The van der Waals surface area contributed by atoms with Gasteiger partial charge in [0.15, 0.2) is 0 Å². The molecule has 3 aromatic rings. The fraction of sp³-hybridized carbons (Fsp3) is 0.118. The zero-order valence-corrected chi connectivity index (χ0v) is 12.2. The highest BCUT2D eigenvalue weighted by molar-refractivity contribution is 5.62. The van der Waals surface area contributed by atoms with E-state index in [9.17, 15) is 0 Å². The van der Waals surface area contributed by atoms with Crippen LogP contribution in [0.3, 0.4) is 0 Å². The zero-order valence-electron chi connectivity index (χ0n) is 12.2. The number of benzene rings is 1. The summed E-state index contributed by atoms with van der Waals surface area (Å²) in [5.74, 6) is 0. The highest BCUT2D eigenvalue weighted by Gasteiger charge is 2.09. The molecule has 5 nitrogen and oxygen atoms in total. The molecule has 0 bridgehead atoms. The van der Waals surface area contributed by atoms with Crippen molar-refractivity contribution in [3.05, 3.63) is 66.1 Å². The van der Waals surface area contributed by atoms with Crippen molar-refractivity contribution in [1.82, 2.24) is 14.8 Å². The molecule has 0 atom stereocenters. The van der Waals surface area contributed by atoms with E-state index in [4.69, 9.17) is 5.26 Å². The van der Waals surface area contributed by atoms with Crippen LogP contribution in [0.1, 0.15) is 11.1 Å². The van der Waals surface area contributed by atoms with Gasteiger partial charge < -0.3 is 5.32 Å². The first-order chi connectivity index (χ1) is 10.8. The minimum Gasteiger partial charge on any atom is -0.381 e. The molecule has 2 aromatic heterocycles. The number of aryl methyl sites for hydroxylation is 1. The molecule has 0 aliphatic heterocycles. The van der Waals surface area contributed by atoms with E-state index in [0.29, 0.717) is 12.1 Å². The smallest absolute Gasteiger partial charge is 0.0991 e. The van der Waals surface area contributed by atoms with Gasteiger partial charge in [-0.15, -0.1) is 0 Å². The Balaban J connectivity index is 1.79. The van der Waals surface area contributed by atoms with Gasteiger partial charge in [0, 0.05) is 49.0 Å². The van der Waals surface area contributed by atoms with Crippen LogP contribution < -0.4 is 5.32 Å². The molecule has 0 saturated carbocycles. The number of aromatic nitrogens is 3. The predicted octanol–water partition coefficient (Wildman–Crippen LogP) is 2.97. The van der Waals surface area contributed by atoms with Crippen LogP contribution in [0, 0.1) is 11.3 Å². The van der Waals surface area contributed by atoms with Crippen molar-refractivity contribution in [2.45, 2.75) is 6.54 Å². The summed E-state index contributed by atoms with van der Waals surface area (Å²) in [5, 5.41) is 16.7. The number of anilines is 1. The minimum atomic E-state index is 0.657. The maximum absolute atomic E-state index is 8.82. The summed E-state index contributed by atoms with van der Waals surface area (Å²) < 4.78 is 1.81. The highest BCUT2D eigenvalue weighted by Crippen LogP contribution is 2.22. The molecule has 0 unspecified atom stereocenters. The van der Waals surface area contributed by atoms with Crippen LogP contribution in [0.15, 0.2) is 55.0 Å². The third-order valence-electron chi connectivity index (χ3n) is 3.36. The third-order valence-corrected chi connectivity index (χ3v) is 3.36. The largest absolute Gasteiger partial charge is 0.381 e. The van der Waals surface area contributed by atoms with Crippen molar-refractivity contribution in [2.24, 2.45) is 7.05 Å². The third kappa shape index (κ3) is 2.96. The van der Waals surface area contributed by atoms with Crippen LogP contribution >= 0.6 is 0 Å². The number of nitrogens with one attached hydrogen (secondary N) is 1. The molecule has 1 aromatic carbocycles. The summed E-state index contributed by atoms with van der Waals surface area (Å²) >= 11 is 0. The fourth-order valence-corrected chi connectivity index (χ4v) is 2.28. The summed E-state index contributed by atoms with van der Waals surface area (Å²) in [4.78, 5) is 4.04. The van der Waals surface area contributed by atoms with Crippen molar-refractivity contribution >= 4 is 5.69 Å². The van der Waals surface area contributed by atoms with Gasteiger partial charge >= 0.3 is 0 Å². The average molecular weight is 289 g/mol. The molecule has 22 heavy (non-hydrogen) atoms. The maximum atomic E-state index is 8.82. The van der Waals surface area contributed by atoms with Crippen LogP contribution in [0.4, 0.5) is 5.69 Å². The summed E-state index contributed by atoms with van der Waals surface area (Å²) in [5.41, 5.74) is 4.74. The molecular weight excluding hydrogens is 274 g/mol. The van der Waals surface area contributed by atoms with E-state index in [0.717, 1.165) is 22.5 Å². The molecule has 0 aliphatic rings. The Morgan fingerprint density at radius 1 is 1.14 bits per heavy atom. The van der Waals surface area contributed by atoms with Crippen molar-refractivity contribution in [2.75, 3.05) is 5.32 Å². The Hall–Kier alpha value is -3.13. The van der Waals surface area contributed by atoms with Crippen LogP contribution in [0.25, 0.3) is 11.3 Å². The molecule has 0 aliphatic carbocycles. The summed E-state index contributed by atoms with van der Waals surface area (Å²) in [7, 11) is 1.91. The van der Waals surface area contributed by atoms with E-state index in [1.165, 1.54) is 0 Å². The van der Waals surface area contributed by atoms with Gasteiger partial charge in [-0.05, 0) is 36.4 Å². The first-order valence-corrected chi connectivity index (χ1v) is 6.93. The molecule has 3 rings (SSSR count). The van der Waals surface area contributed by atoms with Crippen LogP contribution in [-0.2, 0) is 13.6 Å².